The topological polar surface area (TPSA) is 42.9 Å². The minimum Gasteiger partial charge on any atom is -0.293 e. The van der Waals surface area contributed by atoms with Crippen LogP contribution in [0.5, 0.6) is 0 Å². The molecule has 1 rings (SSSR count). The van der Waals surface area contributed by atoms with E-state index in [0.29, 0.717) is 10.9 Å². The van der Waals surface area contributed by atoms with Crippen molar-refractivity contribution in [1.82, 2.24) is 9.97 Å². The second-order valence-electron chi connectivity index (χ2n) is 1.98. The monoisotopic (exact) mass is 198 g/mol. The van der Waals surface area contributed by atoms with Crippen LogP contribution in [0.2, 0.25) is 0 Å². The zero-order valence-electron chi connectivity index (χ0n) is 8.37. The highest BCUT2D eigenvalue weighted by atomic mass is 32.2. The summed E-state index contributed by atoms with van der Waals surface area (Å²) in [5.74, 6) is -0.0253. The number of aromatic nitrogens is 2. The van der Waals surface area contributed by atoms with E-state index < -0.39 is 0 Å². The summed E-state index contributed by atoms with van der Waals surface area (Å²) in [4.78, 5) is 18.7. The lowest BCUT2D eigenvalue weighted by Gasteiger charge is -1.95. The highest BCUT2D eigenvalue weighted by Crippen LogP contribution is 2.07. The third-order valence-corrected chi connectivity index (χ3v) is 1.74. The molecule has 0 unspecified atom stereocenters. The van der Waals surface area contributed by atoms with Gasteiger partial charge in [0.15, 0.2) is 10.9 Å². The summed E-state index contributed by atoms with van der Waals surface area (Å²) in [6.45, 7) is 5.49. The molecule has 3 nitrogen and oxygen atoms in total. The maximum Gasteiger partial charge on any atom is 0.187 e. The molecule has 0 atom stereocenters. The van der Waals surface area contributed by atoms with Gasteiger partial charge in [-0.05, 0) is 12.3 Å². The fraction of sp³-hybridized carbons (Fsp3) is 0.444. The maximum atomic E-state index is 10.8. The van der Waals surface area contributed by atoms with Gasteiger partial charge in [0, 0.05) is 13.1 Å². The summed E-state index contributed by atoms with van der Waals surface area (Å²) in [6.07, 6.45) is 3.47. The number of rotatable bonds is 2. The molecule has 0 aliphatic heterocycles. The third kappa shape index (κ3) is 4.03. The summed E-state index contributed by atoms with van der Waals surface area (Å²) < 4.78 is 0. The van der Waals surface area contributed by atoms with Gasteiger partial charge in [-0.15, -0.1) is 0 Å². The van der Waals surface area contributed by atoms with Crippen molar-refractivity contribution in [3.05, 3.63) is 18.0 Å². The first-order valence-corrected chi connectivity index (χ1v) is 5.34. The Kier molecular flexibility index (Phi) is 6.14. The molecule has 4 heteroatoms. The predicted molar refractivity (Wildman–Crippen MR) is 55.2 cm³/mol. The van der Waals surface area contributed by atoms with E-state index in [0.717, 1.165) is 0 Å². The third-order valence-electron chi connectivity index (χ3n) is 1.18. The predicted octanol–water partition coefficient (Wildman–Crippen LogP) is 2.43. The number of Topliss-reactive ketones (excluding diaryl/α,β-unsaturated/α-hetero) is 1. The summed E-state index contributed by atoms with van der Waals surface area (Å²) in [5, 5.41) is 0.637. The number of thioether (sulfide) groups is 1. The number of nitrogens with zero attached hydrogens (tertiary/aromatic N) is 2. The van der Waals surface area contributed by atoms with Crippen molar-refractivity contribution in [3.63, 3.8) is 0 Å². The van der Waals surface area contributed by atoms with Gasteiger partial charge in [0.25, 0.3) is 0 Å². The minimum absolute atomic E-state index is 0.0253. The van der Waals surface area contributed by atoms with Crippen molar-refractivity contribution in [2.75, 3.05) is 6.26 Å². The quantitative estimate of drug-likeness (QED) is 0.416. The highest BCUT2D eigenvalue weighted by molar-refractivity contribution is 7.98. The zero-order valence-corrected chi connectivity index (χ0v) is 9.18. The Morgan fingerprint density at radius 1 is 1.46 bits per heavy atom. The number of ketones is 1. The lowest BCUT2D eigenvalue weighted by atomic mass is 10.3. The minimum atomic E-state index is -0.0253. The zero-order chi connectivity index (χ0) is 10.3. The van der Waals surface area contributed by atoms with Crippen LogP contribution in [-0.4, -0.2) is 22.0 Å². The van der Waals surface area contributed by atoms with E-state index >= 15 is 0 Å². The average Bonchev–Trinajstić information content (AvgIpc) is 2.21. The molecule has 0 amide bonds. The molecule has 1 aromatic rings. The van der Waals surface area contributed by atoms with Crippen molar-refractivity contribution in [1.29, 1.82) is 0 Å². The van der Waals surface area contributed by atoms with Crippen LogP contribution in [0.4, 0.5) is 0 Å². The molecule has 0 aliphatic rings. The van der Waals surface area contributed by atoms with Crippen LogP contribution in [-0.2, 0) is 0 Å². The van der Waals surface area contributed by atoms with Gasteiger partial charge in [-0.1, -0.05) is 25.6 Å². The smallest absolute Gasteiger partial charge is 0.187 e. The van der Waals surface area contributed by atoms with Crippen molar-refractivity contribution in [2.45, 2.75) is 25.9 Å². The standard InChI is InChI=1S/C7H8N2OS.C2H6/c1-5(10)6-3-4-8-7(9-6)11-2;1-2/h3-4H,1-2H3;1-2H3. The average molecular weight is 198 g/mol. The van der Waals surface area contributed by atoms with E-state index in [2.05, 4.69) is 9.97 Å². The Morgan fingerprint density at radius 2 is 2.08 bits per heavy atom. The molecule has 0 saturated carbocycles. The van der Waals surface area contributed by atoms with Crippen molar-refractivity contribution in [3.8, 4) is 0 Å². The first-order chi connectivity index (χ1) is 6.24. The molecule has 1 heterocycles. The maximum absolute atomic E-state index is 10.8. The van der Waals surface area contributed by atoms with E-state index in [1.54, 1.807) is 12.3 Å². The molecule has 13 heavy (non-hydrogen) atoms. The Bertz CT molecular complexity index is 276. The molecule has 0 radical (unpaired) electrons. The van der Waals surface area contributed by atoms with Gasteiger partial charge in [-0.25, -0.2) is 9.97 Å². The van der Waals surface area contributed by atoms with Gasteiger partial charge in [-0.3, -0.25) is 4.79 Å². The molecule has 72 valence electrons. The number of hydrogen-bond donors (Lipinski definition) is 0. The van der Waals surface area contributed by atoms with Crippen LogP contribution in [0, 0.1) is 0 Å². The van der Waals surface area contributed by atoms with Crippen molar-refractivity contribution < 1.29 is 4.79 Å². The number of hydrogen-bond acceptors (Lipinski definition) is 4. The van der Waals surface area contributed by atoms with E-state index in [1.165, 1.54) is 18.7 Å². The molecule has 0 fully saturated rings. The van der Waals surface area contributed by atoms with Gasteiger partial charge >= 0.3 is 0 Å². The Hall–Kier alpha value is -0.900. The van der Waals surface area contributed by atoms with Crippen LogP contribution < -0.4 is 0 Å². The van der Waals surface area contributed by atoms with E-state index in [1.807, 2.05) is 20.1 Å². The summed E-state index contributed by atoms with van der Waals surface area (Å²) >= 11 is 1.43. The van der Waals surface area contributed by atoms with Gasteiger partial charge in [0.05, 0.1) is 0 Å². The van der Waals surface area contributed by atoms with Crippen LogP contribution in [0.1, 0.15) is 31.3 Å². The van der Waals surface area contributed by atoms with Crippen molar-refractivity contribution >= 4 is 17.5 Å². The Labute approximate surface area is 83.0 Å². The molecule has 0 saturated heterocycles. The number of carbonyl (C=O) groups is 1. The van der Waals surface area contributed by atoms with E-state index in [4.69, 9.17) is 0 Å². The van der Waals surface area contributed by atoms with Gasteiger partial charge in [0.2, 0.25) is 0 Å². The largest absolute Gasteiger partial charge is 0.293 e. The lowest BCUT2D eigenvalue weighted by Crippen LogP contribution is -1.98. The number of carbonyl (C=O) groups excluding carboxylic acids is 1. The Morgan fingerprint density at radius 3 is 2.54 bits per heavy atom. The summed E-state index contributed by atoms with van der Waals surface area (Å²) in [5.41, 5.74) is 0.476. The molecule has 0 aromatic carbocycles. The van der Waals surface area contributed by atoms with Gasteiger partial charge in [-0.2, -0.15) is 0 Å². The second kappa shape index (κ2) is 6.60. The Balaban J connectivity index is 0.000000671. The second-order valence-corrected chi connectivity index (χ2v) is 2.76. The van der Waals surface area contributed by atoms with Crippen LogP contribution in [0.25, 0.3) is 0 Å². The molecule has 1 aromatic heterocycles. The fourth-order valence-corrected chi connectivity index (χ4v) is 0.991. The van der Waals surface area contributed by atoms with Crippen molar-refractivity contribution in [2.24, 2.45) is 0 Å². The normalized spacial score (nSPS) is 8.62. The van der Waals surface area contributed by atoms with Crippen LogP contribution in [0.15, 0.2) is 17.4 Å². The molecule has 0 N–H and O–H groups in total. The lowest BCUT2D eigenvalue weighted by molar-refractivity contribution is 0.101. The fourth-order valence-electron chi connectivity index (χ4n) is 0.635. The van der Waals surface area contributed by atoms with Crippen LogP contribution in [0.3, 0.4) is 0 Å². The SMILES string of the molecule is CC.CSc1nccc(C(C)=O)n1. The van der Waals surface area contributed by atoms with E-state index in [9.17, 15) is 4.79 Å². The summed E-state index contributed by atoms with van der Waals surface area (Å²) in [7, 11) is 0. The molecular formula is C9H14N2OS. The first kappa shape index (κ1) is 12.1. The highest BCUT2D eigenvalue weighted by Gasteiger charge is 2.01. The first-order valence-electron chi connectivity index (χ1n) is 4.12. The molecule has 0 bridgehead atoms. The van der Waals surface area contributed by atoms with Gasteiger partial charge < -0.3 is 0 Å². The van der Waals surface area contributed by atoms with E-state index in [-0.39, 0.29) is 5.78 Å². The van der Waals surface area contributed by atoms with Gasteiger partial charge in [0.1, 0.15) is 5.69 Å². The van der Waals surface area contributed by atoms with Crippen LogP contribution >= 0.6 is 11.8 Å². The summed E-state index contributed by atoms with van der Waals surface area (Å²) in [6, 6.07) is 1.61. The molecule has 0 spiro atoms. The molecule has 0 aliphatic carbocycles. The molecular weight excluding hydrogens is 184 g/mol.